The van der Waals surface area contributed by atoms with Crippen LogP contribution in [0.25, 0.3) is 11.0 Å². The van der Waals surface area contributed by atoms with Crippen molar-refractivity contribution in [2.45, 2.75) is 25.9 Å². The quantitative estimate of drug-likeness (QED) is 0.601. The van der Waals surface area contributed by atoms with Crippen molar-refractivity contribution in [2.24, 2.45) is 0 Å². The Kier molecular flexibility index (Phi) is 5.73. The second-order valence-electron chi connectivity index (χ2n) is 6.73. The minimum atomic E-state index is -5.01. The Balaban J connectivity index is 2.08. The number of hydrogen-bond donors (Lipinski definition) is 0. The van der Waals surface area contributed by atoms with Gasteiger partial charge >= 0.3 is 6.18 Å². The van der Waals surface area contributed by atoms with Crippen LogP contribution in [-0.2, 0) is 11.0 Å². The largest absolute Gasteiger partial charge is 0.546 e. The predicted octanol–water partition coefficient (Wildman–Crippen LogP) is 3.86. The molecule has 3 aromatic rings. The van der Waals surface area contributed by atoms with E-state index in [1.165, 1.54) is 24.3 Å². The lowest BCUT2D eigenvalue weighted by Crippen LogP contribution is -2.28. The van der Waals surface area contributed by atoms with Gasteiger partial charge in [-0.3, -0.25) is 4.79 Å². The Morgan fingerprint density at radius 2 is 1.73 bits per heavy atom. The summed E-state index contributed by atoms with van der Waals surface area (Å²) in [5.41, 5.74) is -0.498. The van der Waals surface area contributed by atoms with E-state index in [9.17, 15) is 27.9 Å². The average Bonchev–Trinajstić information content (AvgIpc) is 2.67. The summed E-state index contributed by atoms with van der Waals surface area (Å²) in [5.74, 6) is -3.95. The van der Waals surface area contributed by atoms with Gasteiger partial charge < -0.3 is 23.8 Å². The minimum Gasteiger partial charge on any atom is -0.546 e. The number of halogens is 3. The molecule has 0 amide bonds. The molecule has 158 valence electrons. The van der Waals surface area contributed by atoms with Gasteiger partial charge in [0.15, 0.2) is 0 Å². The molecule has 0 saturated carbocycles. The average molecular weight is 421 g/mol. The van der Waals surface area contributed by atoms with Crippen LogP contribution in [0, 0.1) is 0 Å². The zero-order valence-electron chi connectivity index (χ0n) is 15.9. The molecular weight excluding hydrogens is 405 g/mol. The number of carboxylic acids is 1. The summed E-state index contributed by atoms with van der Waals surface area (Å²) in [6.07, 6.45) is -5.01. The number of ether oxygens (including phenoxy) is 2. The number of hydrogen-bond acceptors (Lipinski definition) is 6. The SMILES string of the molecule is CC(C)c1ccc(Oc2c(C(F)(F)F)oc3cc(OCC(=O)[O-])ccc3c2=O)cc1. The molecule has 0 spiro atoms. The highest BCUT2D eigenvalue weighted by Crippen LogP contribution is 2.38. The predicted molar refractivity (Wildman–Crippen MR) is 98.6 cm³/mol. The lowest BCUT2D eigenvalue weighted by molar-refractivity contribution is -0.307. The van der Waals surface area contributed by atoms with Gasteiger partial charge in [-0.2, -0.15) is 13.2 Å². The normalized spacial score (nSPS) is 11.7. The van der Waals surface area contributed by atoms with E-state index in [0.29, 0.717) is 0 Å². The van der Waals surface area contributed by atoms with Crippen molar-refractivity contribution in [3.8, 4) is 17.2 Å². The second kappa shape index (κ2) is 8.10. The first-order valence-corrected chi connectivity index (χ1v) is 8.84. The zero-order chi connectivity index (χ0) is 22.1. The Bertz CT molecular complexity index is 1130. The van der Waals surface area contributed by atoms with Crippen molar-refractivity contribution in [1.82, 2.24) is 0 Å². The molecule has 0 N–H and O–H groups in total. The number of rotatable bonds is 6. The molecule has 0 fully saturated rings. The van der Waals surface area contributed by atoms with Gasteiger partial charge in [0.05, 0.1) is 11.4 Å². The van der Waals surface area contributed by atoms with Gasteiger partial charge in [-0.1, -0.05) is 26.0 Å². The van der Waals surface area contributed by atoms with Crippen LogP contribution in [0.3, 0.4) is 0 Å². The van der Waals surface area contributed by atoms with E-state index in [4.69, 9.17) is 13.9 Å². The van der Waals surface area contributed by atoms with E-state index in [0.717, 1.165) is 11.6 Å². The Hall–Kier alpha value is -3.49. The maximum Gasteiger partial charge on any atom is 0.453 e. The van der Waals surface area contributed by atoms with Crippen LogP contribution in [-0.4, -0.2) is 12.6 Å². The van der Waals surface area contributed by atoms with Crippen LogP contribution >= 0.6 is 0 Å². The monoisotopic (exact) mass is 421 g/mol. The highest BCUT2D eigenvalue weighted by atomic mass is 19.4. The van der Waals surface area contributed by atoms with Crippen molar-refractivity contribution in [2.75, 3.05) is 6.61 Å². The summed E-state index contributed by atoms with van der Waals surface area (Å²) in [6.45, 7) is 3.11. The van der Waals surface area contributed by atoms with Gasteiger partial charge in [-0.15, -0.1) is 0 Å². The maximum atomic E-state index is 13.6. The summed E-state index contributed by atoms with van der Waals surface area (Å²) in [5, 5.41) is 10.3. The Morgan fingerprint density at radius 3 is 2.30 bits per heavy atom. The van der Waals surface area contributed by atoms with E-state index in [-0.39, 0.29) is 22.8 Å². The van der Waals surface area contributed by atoms with Crippen molar-refractivity contribution >= 4 is 16.9 Å². The lowest BCUT2D eigenvalue weighted by Gasteiger charge is -2.14. The van der Waals surface area contributed by atoms with Crippen LogP contribution < -0.4 is 20.0 Å². The van der Waals surface area contributed by atoms with Crippen molar-refractivity contribution in [3.05, 3.63) is 64.0 Å². The van der Waals surface area contributed by atoms with Crippen molar-refractivity contribution in [1.29, 1.82) is 0 Å². The number of carboxylic acid groups (broad SMARTS) is 1. The zero-order valence-corrected chi connectivity index (χ0v) is 15.9. The third-order valence-corrected chi connectivity index (χ3v) is 4.20. The molecule has 0 radical (unpaired) electrons. The van der Waals surface area contributed by atoms with Crippen LogP contribution in [0.15, 0.2) is 51.7 Å². The lowest BCUT2D eigenvalue weighted by atomic mass is 10.0. The molecule has 1 aromatic heterocycles. The first-order chi connectivity index (χ1) is 14.1. The first-order valence-electron chi connectivity index (χ1n) is 8.84. The molecule has 1 heterocycles. The standard InChI is InChI=1S/C21H17F3O6/c1-11(2)12-3-5-13(6-4-12)29-19-18(27)15-8-7-14(28-10-17(25)26)9-16(15)30-20(19)21(22,23)24/h3-9,11H,10H2,1-2H3,(H,25,26)/p-1. The van der Waals surface area contributed by atoms with Gasteiger partial charge in [0, 0.05) is 6.07 Å². The number of carbonyl (C=O) groups excluding carboxylic acids is 1. The summed E-state index contributed by atoms with van der Waals surface area (Å²) in [7, 11) is 0. The maximum absolute atomic E-state index is 13.6. The third kappa shape index (κ3) is 4.56. The minimum absolute atomic E-state index is 0.0467. The number of aliphatic carboxylic acids is 1. The molecule has 0 bridgehead atoms. The van der Waals surface area contributed by atoms with E-state index in [1.807, 2.05) is 13.8 Å². The fraction of sp³-hybridized carbons (Fsp3) is 0.238. The van der Waals surface area contributed by atoms with Crippen LogP contribution in [0.5, 0.6) is 17.2 Å². The Labute approximate surface area is 168 Å². The smallest absolute Gasteiger partial charge is 0.453 e. The van der Waals surface area contributed by atoms with Gasteiger partial charge in [-0.25, -0.2) is 0 Å². The molecule has 3 rings (SSSR count). The van der Waals surface area contributed by atoms with Crippen molar-refractivity contribution < 1.29 is 37.0 Å². The highest BCUT2D eigenvalue weighted by molar-refractivity contribution is 5.80. The Morgan fingerprint density at radius 1 is 1.10 bits per heavy atom. The van der Waals surface area contributed by atoms with Crippen LogP contribution in [0.1, 0.15) is 31.1 Å². The number of fused-ring (bicyclic) bond motifs is 1. The van der Waals surface area contributed by atoms with Crippen LogP contribution in [0.2, 0.25) is 0 Å². The summed E-state index contributed by atoms with van der Waals surface area (Å²) in [4.78, 5) is 23.2. The topological polar surface area (TPSA) is 88.8 Å². The molecule has 0 aliphatic rings. The van der Waals surface area contributed by atoms with Gasteiger partial charge in [-0.05, 0) is 35.7 Å². The number of carbonyl (C=O) groups is 1. The molecule has 2 aromatic carbocycles. The molecular formula is C21H16F3O6-. The third-order valence-electron chi connectivity index (χ3n) is 4.20. The molecule has 0 aliphatic carbocycles. The van der Waals surface area contributed by atoms with Gasteiger partial charge in [0.1, 0.15) is 23.7 Å². The molecule has 0 saturated heterocycles. The van der Waals surface area contributed by atoms with E-state index < -0.39 is 41.3 Å². The van der Waals surface area contributed by atoms with Crippen LogP contribution in [0.4, 0.5) is 13.2 Å². The molecule has 0 aliphatic heterocycles. The van der Waals surface area contributed by atoms with E-state index >= 15 is 0 Å². The van der Waals surface area contributed by atoms with Crippen molar-refractivity contribution in [3.63, 3.8) is 0 Å². The number of benzene rings is 2. The van der Waals surface area contributed by atoms with Gasteiger partial charge in [0.2, 0.25) is 11.2 Å². The number of alkyl halides is 3. The molecule has 0 atom stereocenters. The first kappa shape index (κ1) is 21.2. The summed E-state index contributed by atoms with van der Waals surface area (Å²) < 4.78 is 55.7. The summed E-state index contributed by atoms with van der Waals surface area (Å²) >= 11 is 0. The molecule has 0 unspecified atom stereocenters. The fourth-order valence-electron chi connectivity index (χ4n) is 2.71. The molecule has 6 nitrogen and oxygen atoms in total. The summed E-state index contributed by atoms with van der Waals surface area (Å²) in [6, 6.07) is 9.72. The second-order valence-corrected chi connectivity index (χ2v) is 6.73. The van der Waals surface area contributed by atoms with E-state index in [1.54, 1.807) is 12.1 Å². The van der Waals surface area contributed by atoms with E-state index in [2.05, 4.69) is 0 Å². The molecule has 9 heteroatoms. The van der Waals surface area contributed by atoms with Gasteiger partial charge in [0.25, 0.3) is 5.76 Å². The highest BCUT2D eigenvalue weighted by Gasteiger charge is 2.40. The molecule has 30 heavy (non-hydrogen) atoms. The fourth-order valence-corrected chi connectivity index (χ4v) is 2.71.